The van der Waals surface area contributed by atoms with Crippen molar-refractivity contribution < 1.29 is 19.4 Å². The lowest BCUT2D eigenvalue weighted by atomic mass is 10.3. The lowest BCUT2D eigenvalue weighted by Crippen LogP contribution is -2.38. The number of urea groups is 1. The fraction of sp³-hybridized carbons (Fsp3) is 0.312. The molecule has 23 heavy (non-hydrogen) atoms. The predicted molar refractivity (Wildman–Crippen MR) is 89.5 cm³/mol. The number of rotatable bonds is 7. The molecular formula is C16H20N2O4S. The summed E-state index contributed by atoms with van der Waals surface area (Å²) < 4.78 is 5.28. The lowest BCUT2D eigenvalue weighted by molar-refractivity contribution is 0.0750. The Labute approximate surface area is 139 Å². The number of carbonyl (C=O) groups excluding carboxylic acids is 1. The van der Waals surface area contributed by atoms with Crippen molar-refractivity contribution >= 4 is 23.5 Å². The number of aliphatic hydroxyl groups excluding tert-OH is 2. The Morgan fingerprint density at radius 1 is 1.35 bits per heavy atom. The maximum Gasteiger partial charge on any atom is 0.321 e. The van der Waals surface area contributed by atoms with Crippen LogP contribution in [0.2, 0.25) is 0 Å². The fourth-order valence-electron chi connectivity index (χ4n) is 1.86. The Bertz CT molecular complexity index is 601. The van der Waals surface area contributed by atoms with E-state index in [9.17, 15) is 9.90 Å². The lowest BCUT2D eigenvalue weighted by Gasteiger charge is -2.20. The van der Waals surface area contributed by atoms with Gasteiger partial charge in [-0.25, -0.2) is 4.79 Å². The van der Waals surface area contributed by atoms with E-state index in [-0.39, 0.29) is 19.2 Å². The summed E-state index contributed by atoms with van der Waals surface area (Å²) >= 11 is 1.65. The van der Waals surface area contributed by atoms with Crippen molar-refractivity contribution in [2.45, 2.75) is 16.8 Å². The number of hydrogen-bond acceptors (Lipinski definition) is 5. The van der Waals surface area contributed by atoms with Crippen LogP contribution in [0.3, 0.4) is 0 Å². The Morgan fingerprint density at radius 3 is 2.70 bits per heavy atom. The number of furan rings is 1. The van der Waals surface area contributed by atoms with Gasteiger partial charge in [-0.2, -0.15) is 0 Å². The van der Waals surface area contributed by atoms with Crippen molar-refractivity contribution in [2.24, 2.45) is 0 Å². The molecular weight excluding hydrogens is 316 g/mol. The third kappa shape index (κ3) is 5.63. The van der Waals surface area contributed by atoms with Gasteiger partial charge in [-0.3, -0.25) is 0 Å². The zero-order valence-electron chi connectivity index (χ0n) is 12.8. The van der Waals surface area contributed by atoms with Crippen molar-refractivity contribution in [3.63, 3.8) is 0 Å². The highest BCUT2D eigenvalue weighted by Crippen LogP contribution is 2.24. The first-order valence-corrected chi connectivity index (χ1v) is 8.13. The number of benzene rings is 1. The van der Waals surface area contributed by atoms with Gasteiger partial charge in [0.2, 0.25) is 0 Å². The summed E-state index contributed by atoms with van der Waals surface area (Å²) in [6.07, 6.45) is 0.713. The SMILES string of the molecule is CN(CC(O)CO)C(=O)Nc1ccc(SCc2ccco2)cc1. The molecule has 0 spiro atoms. The molecule has 1 heterocycles. The zero-order chi connectivity index (χ0) is 16.7. The molecule has 2 rings (SSSR count). The van der Waals surface area contributed by atoms with E-state index in [1.807, 2.05) is 36.4 Å². The summed E-state index contributed by atoms with van der Waals surface area (Å²) in [6.45, 7) is -0.307. The minimum Gasteiger partial charge on any atom is -0.468 e. The van der Waals surface area contributed by atoms with Crippen LogP contribution in [0, 0.1) is 0 Å². The zero-order valence-corrected chi connectivity index (χ0v) is 13.6. The number of aliphatic hydroxyl groups is 2. The number of anilines is 1. The van der Waals surface area contributed by atoms with Crippen molar-refractivity contribution in [3.8, 4) is 0 Å². The summed E-state index contributed by atoms with van der Waals surface area (Å²) in [4.78, 5) is 14.3. The number of thioether (sulfide) groups is 1. The second kappa shape index (κ2) is 8.61. The molecule has 0 aliphatic rings. The van der Waals surface area contributed by atoms with E-state index < -0.39 is 6.10 Å². The molecule has 7 heteroatoms. The molecule has 1 aromatic heterocycles. The molecule has 0 fully saturated rings. The van der Waals surface area contributed by atoms with Gasteiger partial charge >= 0.3 is 6.03 Å². The number of hydrogen-bond donors (Lipinski definition) is 3. The van der Waals surface area contributed by atoms with Gasteiger partial charge < -0.3 is 24.8 Å². The Kier molecular flexibility index (Phi) is 6.52. The molecule has 124 valence electrons. The molecule has 0 aliphatic heterocycles. The van der Waals surface area contributed by atoms with Gasteiger partial charge in [-0.1, -0.05) is 0 Å². The molecule has 1 atom stereocenters. The minimum absolute atomic E-state index is 0.0689. The predicted octanol–water partition coefficient (Wildman–Crippen LogP) is 2.39. The van der Waals surface area contributed by atoms with Crippen LogP contribution in [0.15, 0.2) is 52.0 Å². The largest absolute Gasteiger partial charge is 0.468 e. The van der Waals surface area contributed by atoms with Gasteiger partial charge in [0.15, 0.2) is 0 Å². The molecule has 0 aliphatic carbocycles. The van der Waals surface area contributed by atoms with Gasteiger partial charge in [0.1, 0.15) is 5.76 Å². The van der Waals surface area contributed by atoms with Crippen molar-refractivity contribution in [3.05, 3.63) is 48.4 Å². The Morgan fingerprint density at radius 2 is 2.09 bits per heavy atom. The summed E-state index contributed by atoms with van der Waals surface area (Å²) in [5.74, 6) is 1.66. The average Bonchev–Trinajstić information content (AvgIpc) is 3.07. The van der Waals surface area contributed by atoms with Crippen molar-refractivity contribution in [1.29, 1.82) is 0 Å². The van der Waals surface area contributed by atoms with Gasteiger partial charge in [0, 0.05) is 17.6 Å². The molecule has 2 amide bonds. The Balaban J connectivity index is 1.83. The molecule has 0 bridgehead atoms. The van der Waals surface area contributed by atoms with E-state index in [1.165, 1.54) is 4.90 Å². The maximum atomic E-state index is 11.9. The highest BCUT2D eigenvalue weighted by atomic mass is 32.2. The smallest absolute Gasteiger partial charge is 0.321 e. The second-order valence-corrected chi connectivity index (χ2v) is 6.09. The number of amides is 2. The summed E-state index contributed by atoms with van der Waals surface area (Å²) in [5.41, 5.74) is 0.669. The highest BCUT2D eigenvalue weighted by Gasteiger charge is 2.13. The standard InChI is InChI=1S/C16H20N2O4S/c1-18(9-13(20)10-19)16(21)17-12-4-6-15(7-5-12)23-11-14-3-2-8-22-14/h2-8,13,19-20H,9-11H2,1H3,(H,17,21). The number of likely N-dealkylation sites (N-methyl/N-ethyl adjacent to an activating group) is 1. The number of nitrogens with zero attached hydrogens (tertiary/aromatic N) is 1. The van der Waals surface area contributed by atoms with Crippen LogP contribution in [0.4, 0.5) is 10.5 Å². The summed E-state index contributed by atoms with van der Waals surface area (Å²) in [7, 11) is 1.56. The molecule has 6 nitrogen and oxygen atoms in total. The van der Waals surface area contributed by atoms with E-state index >= 15 is 0 Å². The van der Waals surface area contributed by atoms with Gasteiger partial charge in [-0.05, 0) is 36.4 Å². The van der Waals surface area contributed by atoms with E-state index in [0.717, 1.165) is 16.4 Å². The van der Waals surface area contributed by atoms with Gasteiger partial charge in [0.05, 0.1) is 31.3 Å². The van der Waals surface area contributed by atoms with Crippen LogP contribution in [0.5, 0.6) is 0 Å². The quantitative estimate of drug-likeness (QED) is 0.676. The first-order chi connectivity index (χ1) is 11.1. The maximum absolute atomic E-state index is 11.9. The van der Waals surface area contributed by atoms with E-state index in [4.69, 9.17) is 9.52 Å². The first-order valence-electron chi connectivity index (χ1n) is 7.14. The van der Waals surface area contributed by atoms with E-state index in [1.54, 1.807) is 25.1 Å². The third-order valence-corrected chi connectivity index (χ3v) is 4.14. The van der Waals surface area contributed by atoms with Crippen LogP contribution in [0.25, 0.3) is 0 Å². The average molecular weight is 336 g/mol. The highest BCUT2D eigenvalue weighted by molar-refractivity contribution is 7.98. The number of carbonyl (C=O) groups is 1. The van der Waals surface area contributed by atoms with E-state index in [0.29, 0.717) is 5.69 Å². The Hall–Kier alpha value is -1.96. The normalized spacial score (nSPS) is 12.0. The second-order valence-electron chi connectivity index (χ2n) is 5.04. The summed E-state index contributed by atoms with van der Waals surface area (Å²) in [5, 5.41) is 20.9. The molecule has 2 aromatic rings. The molecule has 1 unspecified atom stereocenters. The fourth-order valence-corrected chi connectivity index (χ4v) is 2.66. The molecule has 3 N–H and O–H groups in total. The van der Waals surface area contributed by atoms with Gasteiger partial charge in [0.25, 0.3) is 0 Å². The monoisotopic (exact) mass is 336 g/mol. The molecule has 0 radical (unpaired) electrons. The van der Waals surface area contributed by atoms with Crippen LogP contribution >= 0.6 is 11.8 Å². The third-order valence-electron chi connectivity index (χ3n) is 3.11. The van der Waals surface area contributed by atoms with Gasteiger partial charge in [-0.15, -0.1) is 11.8 Å². The van der Waals surface area contributed by atoms with Crippen LogP contribution in [-0.2, 0) is 5.75 Å². The molecule has 0 saturated heterocycles. The molecule has 0 saturated carbocycles. The molecule has 1 aromatic carbocycles. The first kappa shape index (κ1) is 17.4. The van der Waals surface area contributed by atoms with E-state index in [2.05, 4.69) is 5.32 Å². The van der Waals surface area contributed by atoms with Crippen LogP contribution in [0.1, 0.15) is 5.76 Å². The minimum atomic E-state index is -0.939. The topological polar surface area (TPSA) is 85.9 Å². The van der Waals surface area contributed by atoms with Crippen LogP contribution < -0.4 is 5.32 Å². The number of nitrogens with one attached hydrogen (secondary N) is 1. The summed E-state index contributed by atoms with van der Waals surface area (Å²) in [6, 6.07) is 10.9. The van der Waals surface area contributed by atoms with Crippen LogP contribution in [-0.4, -0.2) is 47.4 Å². The van der Waals surface area contributed by atoms with Crippen molar-refractivity contribution in [1.82, 2.24) is 4.90 Å². The van der Waals surface area contributed by atoms with Crippen molar-refractivity contribution in [2.75, 3.05) is 25.5 Å².